The summed E-state index contributed by atoms with van der Waals surface area (Å²) >= 11 is 5.69. The van der Waals surface area contributed by atoms with Gasteiger partial charge in [-0.05, 0) is 43.3 Å². The van der Waals surface area contributed by atoms with E-state index < -0.39 is 11.8 Å². The average molecular weight is 309 g/mol. The molecule has 0 amide bonds. The van der Waals surface area contributed by atoms with Gasteiger partial charge in [-0.15, -0.1) is 0 Å². The Morgan fingerprint density at radius 3 is 2.62 bits per heavy atom. The first-order chi connectivity index (χ1) is 10.0. The molecule has 6 heteroatoms. The molecule has 2 aromatic carbocycles. The molecule has 0 aliphatic carbocycles. The van der Waals surface area contributed by atoms with Crippen LogP contribution >= 0.6 is 11.6 Å². The third-order valence-corrected chi connectivity index (χ3v) is 3.00. The molecular formula is C15H14ClFN2O2. The van der Waals surface area contributed by atoms with E-state index >= 15 is 0 Å². The monoisotopic (exact) mass is 308 g/mol. The normalized spacial score (nSPS) is 10.2. The van der Waals surface area contributed by atoms with Crippen molar-refractivity contribution in [3.63, 3.8) is 0 Å². The van der Waals surface area contributed by atoms with Crippen molar-refractivity contribution in [2.24, 2.45) is 0 Å². The van der Waals surface area contributed by atoms with Crippen LogP contribution < -0.4 is 11.1 Å². The van der Waals surface area contributed by atoms with Crippen LogP contribution in [0.1, 0.15) is 17.3 Å². The lowest BCUT2D eigenvalue weighted by molar-refractivity contribution is 0.0526. The molecule has 110 valence electrons. The van der Waals surface area contributed by atoms with Crippen molar-refractivity contribution in [1.82, 2.24) is 0 Å². The Morgan fingerprint density at radius 1 is 1.29 bits per heavy atom. The van der Waals surface area contributed by atoms with Gasteiger partial charge in [0.2, 0.25) is 0 Å². The SMILES string of the molecule is CCOC(=O)c1ccc(Nc2ccc(Cl)cc2F)c(N)c1. The number of carbonyl (C=O) groups is 1. The third-order valence-electron chi connectivity index (χ3n) is 2.76. The Bertz CT molecular complexity index is 677. The molecule has 0 aromatic heterocycles. The molecule has 21 heavy (non-hydrogen) atoms. The second-order valence-corrected chi connectivity index (χ2v) is 4.71. The lowest BCUT2D eigenvalue weighted by Crippen LogP contribution is -2.06. The van der Waals surface area contributed by atoms with Gasteiger partial charge in [0.15, 0.2) is 0 Å². The van der Waals surface area contributed by atoms with Gasteiger partial charge in [-0.1, -0.05) is 11.6 Å². The van der Waals surface area contributed by atoms with E-state index in [4.69, 9.17) is 22.1 Å². The summed E-state index contributed by atoms with van der Waals surface area (Å²) < 4.78 is 18.6. The molecule has 0 aliphatic rings. The Balaban J connectivity index is 2.23. The molecule has 0 saturated carbocycles. The zero-order valence-electron chi connectivity index (χ0n) is 11.3. The van der Waals surface area contributed by atoms with Crippen LogP contribution in [0.4, 0.5) is 21.5 Å². The molecule has 4 nitrogen and oxygen atoms in total. The van der Waals surface area contributed by atoms with Crippen molar-refractivity contribution in [3.05, 3.63) is 52.8 Å². The van der Waals surface area contributed by atoms with Crippen LogP contribution in [0.15, 0.2) is 36.4 Å². The first-order valence-electron chi connectivity index (χ1n) is 6.30. The van der Waals surface area contributed by atoms with Crippen molar-refractivity contribution >= 4 is 34.6 Å². The summed E-state index contributed by atoms with van der Waals surface area (Å²) in [6.45, 7) is 2.01. The number of ether oxygens (including phenoxy) is 1. The lowest BCUT2D eigenvalue weighted by atomic mass is 10.1. The van der Waals surface area contributed by atoms with Crippen LogP contribution in [0.3, 0.4) is 0 Å². The minimum Gasteiger partial charge on any atom is -0.462 e. The van der Waals surface area contributed by atoms with E-state index in [1.807, 2.05) is 0 Å². The van der Waals surface area contributed by atoms with E-state index in [9.17, 15) is 9.18 Å². The number of hydrogen-bond acceptors (Lipinski definition) is 4. The van der Waals surface area contributed by atoms with Crippen molar-refractivity contribution in [2.75, 3.05) is 17.7 Å². The smallest absolute Gasteiger partial charge is 0.338 e. The number of carbonyl (C=O) groups excluding carboxylic acids is 1. The molecule has 2 aromatic rings. The van der Waals surface area contributed by atoms with E-state index in [2.05, 4.69) is 5.32 Å². The van der Waals surface area contributed by atoms with E-state index in [-0.39, 0.29) is 12.3 Å². The van der Waals surface area contributed by atoms with E-state index in [1.165, 1.54) is 18.2 Å². The summed E-state index contributed by atoms with van der Waals surface area (Å²) in [6.07, 6.45) is 0. The summed E-state index contributed by atoms with van der Waals surface area (Å²) in [6, 6.07) is 8.91. The van der Waals surface area contributed by atoms with Crippen molar-refractivity contribution < 1.29 is 13.9 Å². The van der Waals surface area contributed by atoms with Gasteiger partial charge in [0, 0.05) is 5.02 Å². The minimum absolute atomic E-state index is 0.245. The maximum Gasteiger partial charge on any atom is 0.338 e. The van der Waals surface area contributed by atoms with Gasteiger partial charge < -0.3 is 15.8 Å². The van der Waals surface area contributed by atoms with Crippen LogP contribution in [0.25, 0.3) is 0 Å². The van der Waals surface area contributed by atoms with E-state index in [0.717, 1.165) is 0 Å². The van der Waals surface area contributed by atoms with Crippen molar-refractivity contribution in [3.8, 4) is 0 Å². The Hall–Kier alpha value is -2.27. The van der Waals surface area contributed by atoms with Gasteiger partial charge in [-0.25, -0.2) is 9.18 Å². The van der Waals surface area contributed by atoms with Crippen LogP contribution in [0, 0.1) is 5.82 Å². The Morgan fingerprint density at radius 2 is 2.00 bits per heavy atom. The molecule has 0 unspecified atom stereocenters. The van der Waals surface area contributed by atoms with Gasteiger partial charge in [-0.2, -0.15) is 0 Å². The van der Waals surface area contributed by atoms with Crippen molar-refractivity contribution in [2.45, 2.75) is 6.92 Å². The third kappa shape index (κ3) is 3.64. The predicted molar refractivity (Wildman–Crippen MR) is 81.5 cm³/mol. The quantitative estimate of drug-likeness (QED) is 0.662. The lowest BCUT2D eigenvalue weighted by Gasteiger charge is -2.11. The van der Waals surface area contributed by atoms with Crippen molar-refractivity contribution in [1.29, 1.82) is 0 Å². The van der Waals surface area contributed by atoms with Gasteiger partial charge >= 0.3 is 5.97 Å². The molecule has 0 spiro atoms. The van der Waals surface area contributed by atoms with Crippen LogP contribution in [0.2, 0.25) is 5.02 Å². The van der Waals surface area contributed by atoms with Gasteiger partial charge in [0.05, 0.1) is 29.2 Å². The number of halogens is 2. The molecular weight excluding hydrogens is 295 g/mol. The minimum atomic E-state index is -0.489. The highest BCUT2D eigenvalue weighted by Gasteiger charge is 2.10. The maximum absolute atomic E-state index is 13.7. The van der Waals surface area contributed by atoms with Gasteiger partial charge in [0.1, 0.15) is 5.82 Å². The molecule has 0 heterocycles. The summed E-state index contributed by atoms with van der Waals surface area (Å²) in [5.74, 6) is -0.940. The number of nitrogens with one attached hydrogen (secondary N) is 1. The maximum atomic E-state index is 13.7. The zero-order valence-corrected chi connectivity index (χ0v) is 12.1. The molecule has 0 bridgehead atoms. The predicted octanol–water partition coefficient (Wildman–Crippen LogP) is 3.98. The average Bonchev–Trinajstić information content (AvgIpc) is 2.44. The molecule has 0 radical (unpaired) electrons. The second-order valence-electron chi connectivity index (χ2n) is 4.27. The largest absolute Gasteiger partial charge is 0.462 e. The summed E-state index contributed by atoms with van der Waals surface area (Å²) in [4.78, 5) is 11.6. The van der Waals surface area contributed by atoms with Crippen LogP contribution in [0.5, 0.6) is 0 Å². The first kappa shape index (κ1) is 15.1. The zero-order chi connectivity index (χ0) is 15.4. The molecule has 0 saturated heterocycles. The Labute approximate surface area is 126 Å². The summed E-state index contributed by atoms with van der Waals surface area (Å²) in [5, 5.41) is 3.16. The number of benzene rings is 2. The van der Waals surface area contributed by atoms with E-state index in [0.29, 0.717) is 22.0 Å². The van der Waals surface area contributed by atoms with E-state index in [1.54, 1.807) is 25.1 Å². The highest BCUT2D eigenvalue weighted by Crippen LogP contribution is 2.27. The fourth-order valence-electron chi connectivity index (χ4n) is 1.75. The summed E-state index contributed by atoms with van der Waals surface area (Å²) in [7, 11) is 0. The number of nitrogens with two attached hydrogens (primary N) is 1. The first-order valence-corrected chi connectivity index (χ1v) is 6.67. The number of rotatable bonds is 4. The topological polar surface area (TPSA) is 64.3 Å². The standard InChI is InChI=1S/C15H14ClFN2O2/c1-2-21-15(20)9-3-5-14(12(18)7-9)19-13-6-4-10(16)8-11(13)17/h3-8,19H,2,18H2,1H3. The number of esters is 1. The molecule has 2 rings (SSSR count). The molecule has 0 aliphatic heterocycles. The molecule has 0 atom stereocenters. The van der Waals surface area contributed by atoms with Gasteiger partial charge in [0.25, 0.3) is 0 Å². The van der Waals surface area contributed by atoms with Gasteiger partial charge in [-0.3, -0.25) is 0 Å². The summed E-state index contributed by atoms with van der Waals surface area (Å²) in [5.41, 5.74) is 7.26. The fourth-order valence-corrected chi connectivity index (χ4v) is 1.91. The van der Waals surface area contributed by atoms with Crippen LogP contribution in [-0.4, -0.2) is 12.6 Å². The highest BCUT2D eigenvalue weighted by atomic mass is 35.5. The van der Waals surface area contributed by atoms with Crippen LogP contribution in [-0.2, 0) is 4.74 Å². The fraction of sp³-hybridized carbons (Fsp3) is 0.133. The number of anilines is 3. The number of hydrogen-bond donors (Lipinski definition) is 2. The molecule has 3 N–H and O–H groups in total. The number of nitrogen functional groups attached to an aromatic ring is 1. The second kappa shape index (κ2) is 6.45. The molecule has 0 fully saturated rings. The highest BCUT2D eigenvalue weighted by molar-refractivity contribution is 6.30. The Kier molecular flexibility index (Phi) is 4.65.